The van der Waals surface area contributed by atoms with Gasteiger partial charge < -0.3 is 14.1 Å². The summed E-state index contributed by atoms with van der Waals surface area (Å²) in [5.41, 5.74) is 2.37. The van der Waals surface area contributed by atoms with E-state index in [1.54, 1.807) is 45.7 Å². The number of aromatic amines is 1. The van der Waals surface area contributed by atoms with Crippen molar-refractivity contribution < 1.29 is 8.78 Å². The van der Waals surface area contributed by atoms with Gasteiger partial charge in [-0.05, 0) is 161 Å². The van der Waals surface area contributed by atoms with E-state index in [0.29, 0.717) is 10.9 Å². The van der Waals surface area contributed by atoms with Gasteiger partial charge in [0.25, 0.3) is 16.7 Å². The molecule has 3 heterocycles. The molecule has 0 fully saturated rings. The molecule has 0 radical (unpaired) electrons. The van der Waals surface area contributed by atoms with Crippen LogP contribution in [0.4, 0.5) is 8.78 Å². The van der Waals surface area contributed by atoms with E-state index < -0.39 is 0 Å². The van der Waals surface area contributed by atoms with Crippen molar-refractivity contribution in [2.75, 3.05) is 4.43 Å². The lowest BCUT2D eigenvalue weighted by Gasteiger charge is -2.05. The van der Waals surface area contributed by atoms with Gasteiger partial charge in [-0.1, -0.05) is 93.0 Å². The minimum atomic E-state index is -0.274. The molecule has 8 aromatic rings. The van der Waals surface area contributed by atoms with Gasteiger partial charge in [-0.3, -0.25) is 14.4 Å². The minimum Gasteiger partial charge on any atom is -0.329 e. The fourth-order valence-corrected chi connectivity index (χ4v) is 6.60. The lowest BCUT2D eigenvalue weighted by Crippen LogP contribution is -2.19. The van der Waals surface area contributed by atoms with Crippen molar-refractivity contribution >= 4 is 86.8 Å². The first kappa shape index (κ1) is 50.0. The van der Waals surface area contributed by atoms with Crippen molar-refractivity contribution in [3.8, 4) is 24.2 Å². The molecule has 0 amide bonds. The fourth-order valence-electron chi connectivity index (χ4n) is 5.85. The third-order valence-corrected chi connectivity index (χ3v) is 11.0. The van der Waals surface area contributed by atoms with Crippen LogP contribution in [-0.2, 0) is 13.1 Å². The molecule has 322 valence electrons. The molecule has 0 aliphatic carbocycles. The monoisotopic (exact) mass is 1080 g/mol. The molecule has 0 spiro atoms. The maximum atomic E-state index is 12.9. The van der Waals surface area contributed by atoms with Crippen LogP contribution in [-0.4, -0.2) is 18.5 Å². The smallest absolute Gasteiger partial charge is 0.258 e. The van der Waals surface area contributed by atoms with Crippen LogP contribution >= 0.6 is 54.5 Å². The lowest BCUT2D eigenvalue weighted by atomic mass is 10.1. The minimum absolute atomic E-state index is 0.0300. The molecule has 0 saturated heterocycles. The van der Waals surface area contributed by atoms with Crippen molar-refractivity contribution in [2.24, 2.45) is 0 Å². The van der Waals surface area contributed by atoms with E-state index in [1.807, 2.05) is 86.0 Å². The molecule has 0 bridgehead atoms. The molecule has 0 atom stereocenters. The SMILES string of the molecule is C#Cc1ccc(F)cc1.CCCI.CCCn1ccc2cc(Br)ccc2c1=O.CCCn1ccc2cc(C#Cc3ccc(F)cc3)ccc2c1=O.O=c1[nH]ccc2cc(Br)ccc12. The molecular formula is C52H46Br2F2IN3O3. The van der Waals surface area contributed by atoms with E-state index >= 15 is 0 Å². The zero-order valence-electron chi connectivity index (χ0n) is 35.1. The Hall–Kier alpha value is -5.60. The Kier molecular flexibility index (Phi) is 20.8. The van der Waals surface area contributed by atoms with Crippen molar-refractivity contribution in [1.29, 1.82) is 0 Å². The zero-order valence-corrected chi connectivity index (χ0v) is 40.4. The van der Waals surface area contributed by atoms with Crippen LogP contribution in [0, 0.1) is 35.8 Å². The molecule has 3 aromatic heterocycles. The Balaban J connectivity index is 0.000000189. The third-order valence-electron chi connectivity index (χ3n) is 8.98. The Morgan fingerprint density at radius 2 is 1.00 bits per heavy atom. The molecule has 11 heteroatoms. The van der Waals surface area contributed by atoms with Crippen molar-refractivity contribution in [3.63, 3.8) is 0 Å². The third kappa shape index (κ3) is 15.6. The van der Waals surface area contributed by atoms with Gasteiger partial charge in [0, 0.05) is 73.5 Å². The topological polar surface area (TPSA) is 76.9 Å². The van der Waals surface area contributed by atoms with Crippen LogP contribution in [0.1, 0.15) is 56.7 Å². The first-order valence-corrected chi connectivity index (χ1v) is 23.3. The van der Waals surface area contributed by atoms with Crippen LogP contribution < -0.4 is 16.7 Å². The van der Waals surface area contributed by atoms with Crippen LogP contribution in [0.15, 0.2) is 163 Å². The molecule has 0 saturated carbocycles. The summed E-state index contributed by atoms with van der Waals surface area (Å²) in [6, 6.07) is 34.6. The number of hydrogen-bond acceptors (Lipinski definition) is 3. The average Bonchev–Trinajstić information content (AvgIpc) is 3.29. The normalized spacial score (nSPS) is 10.0. The van der Waals surface area contributed by atoms with Crippen LogP contribution in [0.25, 0.3) is 32.3 Å². The largest absolute Gasteiger partial charge is 0.329 e. The summed E-state index contributed by atoms with van der Waals surface area (Å²) in [5, 5.41) is 5.03. The maximum absolute atomic E-state index is 12.9. The number of halogens is 5. The molecule has 5 aromatic carbocycles. The van der Waals surface area contributed by atoms with Crippen molar-refractivity contribution in [1.82, 2.24) is 14.1 Å². The Labute approximate surface area is 396 Å². The molecule has 6 nitrogen and oxygen atoms in total. The van der Waals surface area contributed by atoms with E-state index in [-0.39, 0.29) is 28.3 Å². The fraction of sp³-hybridized carbons (Fsp3) is 0.173. The summed E-state index contributed by atoms with van der Waals surface area (Å²) in [5.74, 6) is 7.91. The number of benzene rings is 5. The van der Waals surface area contributed by atoms with Gasteiger partial charge in [0.1, 0.15) is 11.6 Å². The van der Waals surface area contributed by atoms with Crippen molar-refractivity contribution in [2.45, 2.75) is 53.1 Å². The molecule has 8 rings (SSSR count). The van der Waals surface area contributed by atoms with Gasteiger partial charge >= 0.3 is 0 Å². The summed E-state index contributed by atoms with van der Waals surface area (Å²) < 4.78 is 31.8. The number of nitrogens with one attached hydrogen (secondary N) is 1. The predicted molar refractivity (Wildman–Crippen MR) is 273 cm³/mol. The second-order valence-corrected chi connectivity index (χ2v) is 16.7. The number of pyridine rings is 3. The summed E-state index contributed by atoms with van der Waals surface area (Å²) in [7, 11) is 0. The highest BCUT2D eigenvalue weighted by atomic mass is 127. The molecule has 63 heavy (non-hydrogen) atoms. The summed E-state index contributed by atoms with van der Waals surface area (Å²) in [6.45, 7) is 7.79. The van der Waals surface area contributed by atoms with Gasteiger partial charge in [0.15, 0.2) is 0 Å². The Morgan fingerprint density at radius 3 is 1.49 bits per heavy atom. The summed E-state index contributed by atoms with van der Waals surface area (Å²) in [6.07, 6.45) is 13.6. The van der Waals surface area contributed by atoms with Crippen molar-refractivity contribution in [3.05, 3.63) is 208 Å². The number of aryl methyl sites for hydroxylation is 2. The second-order valence-electron chi connectivity index (χ2n) is 13.8. The average molecular weight is 1090 g/mol. The highest BCUT2D eigenvalue weighted by Crippen LogP contribution is 2.18. The molecule has 0 unspecified atom stereocenters. The first-order valence-electron chi connectivity index (χ1n) is 20.2. The predicted octanol–water partition coefficient (Wildman–Crippen LogP) is 13.1. The maximum Gasteiger partial charge on any atom is 0.258 e. The number of nitrogens with zero attached hydrogens (tertiary/aromatic N) is 2. The van der Waals surface area contributed by atoms with Gasteiger partial charge in [-0.2, -0.15) is 0 Å². The number of fused-ring (bicyclic) bond motifs is 3. The second kappa shape index (κ2) is 26.1. The standard InChI is InChI=1S/C20H16FNO.C12H12BrNO.C9H6BrNO.C8H5F.C3H7I/c1-2-12-22-13-11-17-14-16(7-10-19(17)20(22)23)4-3-15-5-8-18(21)9-6-15;1-2-6-14-7-5-9-8-10(13)3-4-11(9)12(14)15;10-7-1-2-8-6(5-7)3-4-11-9(8)12;1-2-7-3-5-8(9)6-4-7;1-2-3-4/h5-11,13-14H,2,12H2,1H3;3-5,7-8H,2,6H2,1H3;1-5H,(H,11,12);1,3-6H;2-3H2,1H3. The number of H-pyrrole nitrogens is 1. The van der Waals surface area contributed by atoms with E-state index in [0.717, 1.165) is 72.9 Å². The van der Waals surface area contributed by atoms with Crippen LogP contribution in [0.2, 0.25) is 0 Å². The van der Waals surface area contributed by atoms with E-state index in [9.17, 15) is 23.2 Å². The molecule has 1 N–H and O–H groups in total. The first-order chi connectivity index (χ1) is 30.4. The number of alkyl halides is 1. The number of aromatic nitrogens is 3. The molecular weight excluding hydrogens is 1040 g/mol. The highest BCUT2D eigenvalue weighted by Gasteiger charge is 2.04. The van der Waals surface area contributed by atoms with Gasteiger partial charge in [-0.25, -0.2) is 8.78 Å². The Bertz CT molecular complexity index is 3040. The highest BCUT2D eigenvalue weighted by molar-refractivity contribution is 14.1. The number of hydrogen-bond donors (Lipinski definition) is 1. The van der Waals surface area contributed by atoms with Crippen LogP contribution in [0.3, 0.4) is 0 Å². The summed E-state index contributed by atoms with van der Waals surface area (Å²) in [4.78, 5) is 38.2. The zero-order chi connectivity index (χ0) is 45.7. The van der Waals surface area contributed by atoms with Gasteiger partial charge in [0.05, 0.1) is 0 Å². The number of terminal acetylenes is 1. The van der Waals surface area contributed by atoms with Gasteiger partial charge in [-0.15, -0.1) is 6.42 Å². The molecule has 0 aliphatic rings. The Morgan fingerprint density at radius 1 is 0.571 bits per heavy atom. The quantitative estimate of drug-likeness (QED) is 0.106. The lowest BCUT2D eigenvalue weighted by molar-refractivity contribution is 0.627. The van der Waals surface area contributed by atoms with E-state index in [2.05, 4.69) is 91.0 Å². The van der Waals surface area contributed by atoms with E-state index in [1.165, 1.54) is 35.1 Å². The number of rotatable bonds is 5. The van der Waals surface area contributed by atoms with Gasteiger partial charge in [0.2, 0.25) is 0 Å². The van der Waals surface area contributed by atoms with E-state index in [4.69, 9.17) is 6.42 Å². The van der Waals surface area contributed by atoms with Crippen LogP contribution in [0.5, 0.6) is 0 Å². The molecule has 0 aliphatic heterocycles. The summed E-state index contributed by atoms with van der Waals surface area (Å²) >= 11 is 9.09.